The van der Waals surface area contributed by atoms with Crippen LogP contribution in [0.2, 0.25) is 0 Å². The molecule has 1 unspecified atom stereocenters. The second-order valence-corrected chi connectivity index (χ2v) is 6.57. The molecule has 3 heterocycles. The summed E-state index contributed by atoms with van der Waals surface area (Å²) < 4.78 is 0. The Kier molecular flexibility index (Phi) is 3.87. The van der Waals surface area contributed by atoms with Gasteiger partial charge in [0.15, 0.2) is 0 Å². The summed E-state index contributed by atoms with van der Waals surface area (Å²) in [5.74, 6) is 1.60. The molecule has 1 N–H and O–H groups in total. The van der Waals surface area contributed by atoms with Crippen molar-refractivity contribution >= 4 is 5.91 Å². The lowest BCUT2D eigenvalue weighted by Gasteiger charge is -2.33. The van der Waals surface area contributed by atoms with E-state index in [4.69, 9.17) is 0 Å². The lowest BCUT2D eigenvalue weighted by atomic mass is 9.97. The minimum Gasteiger partial charge on any atom is -0.348 e. The molecule has 5 heteroatoms. The highest BCUT2D eigenvalue weighted by atomic mass is 16.2. The Morgan fingerprint density at radius 2 is 2.04 bits per heavy atom. The van der Waals surface area contributed by atoms with Crippen molar-refractivity contribution in [3.63, 3.8) is 0 Å². The van der Waals surface area contributed by atoms with Crippen LogP contribution >= 0.6 is 0 Å². The number of H-pyrrole nitrogens is 1. The maximum atomic E-state index is 12.7. The number of imidazole rings is 1. The van der Waals surface area contributed by atoms with Gasteiger partial charge < -0.3 is 9.88 Å². The molecule has 0 saturated carbocycles. The Balaban J connectivity index is 1.36. The summed E-state index contributed by atoms with van der Waals surface area (Å²) in [4.78, 5) is 24.5. The molecule has 0 aliphatic carbocycles. The van der Waals surface area contributed by atoms with Gasteiger partial charge in [-0.05, 0) is 24.0 Å². The molecule has 23 heavy (non-hydrogen) atoms. The number of carbonyl (C=O) groups excluding carboxylic acids is 1. The van der Waals surface area contributed by atoms with Gasteiger partial charge in [-0.25, -0.2) is 4.98 Å². The van der Waals surface area contributed by atoms with Crippen LogP contribution in [0, 0.1) is 0 Å². The lowest BCUT2D eigenvalue weighted by molar-refractivity contribution is -0.133. The third-order valence-corrected chi connectivity index (χ3v) is 4.95. The molecular formula is C18H22N4O. The van der Waals surface area contributed by atoms with Crippen LogP contribution in [-0.2, 0) is 17.9 Å². The second kappa shape index (κ2) is 6.16. The van der Waals surface area contributed by atoms with E-state index >= 15 is 0 Å². The highest BCUT2D eigenvalue weighted by molar-refractivity contribution is 5.78. The van der Waals surface area contributed by atoms with Crippen molar-refractivity contribution in [2.24, 2.45) is 0 Å². The summed E-state index contributed by atoms with van der Waals surface area (Å²) in [6.07, 6.45) is 5.80. The van der Waals surface area contributed by atoms with Crippen LogP contribution < -0.4 is 0 Å². The second-order valence-electron chi connectivity index (χ2n) is 6.57. The number of amides is 1. The van der Waals surface area contributed by atoms with E-state index in [1.807, 2.05) is 11.1 Å². The first-order chi connectivity index (χ1) is 11.3. The van der Waals surface area contributed by atoms with E-state index in [1.54, 1.807) is 6.20 Å². The summed E-state index contributed by atoms with van der Waals surface area (Å²) in [6, 6.07) is 8.47. The molecule has 0 radical (unpaired) electrons. The van der Waals surface area contributed by atoms with E-state index in [9.17, 15) is 4.79 Å². The van der Waals surface area contributed by atoms with Gasteiger partial charge in [-0.1, -0.05) is 24.3 Å². The number of fused-ring (bicyclic) bond motifs is 1. The SMILES string of the molecule is O=C(CN1Cc2ccccc2C1)N1CCCC(c2ncc[nH]2)C1. The average molecular weight is 310 g/mol. The number of hydrogen-bond acceptors (Lipinski definition) is 3. The predicted octanol–water partition coefficient (Wildman–Crippen LogP) is 2.13. The molecule has 2 aliphatic rings. The number of aromatic amines is 1. The van der Waals surface area contributed by atoms with Gasteiger partial charge in [-0.3, -0.25) is 9.69 Å². The van der Waals surface area contributed by atoms with Crippen LogP contribution in [0.15, 0.2) is 36.7 Å². The van der Waals surface area contributed by atoms with Gasteiger partial charge in [0.2, 0.25) is 5.91 Å². The number of nitrogens with one attached hydrogen (secondary N) is 1. The Bertz CT molecular complexity index is 657. The Morgan fingerprint density at radius 1 is 1.26 bits per heavy atom. The molecule has 120 valence electrons. The number of piperidine rings is 1. The molecule has 1 atom stereocenters. The van der Waals surface area contributed by atoms with Crippen LogP contribution in [0.5, 0.6) is 0 Å². The fourth-order valence-corrected chi connectivity index (χ4v) is 3.73. The predicted molar refractivity (Wildman–Crippen MR) is 87.7 cm³/mol. The van der Waals surface area contributed by atoms with E-state index in [0.29, 0.717) is 12.5 Å². The zero-order chi connectivity index (χ0) is 15.6. The van der Waals surface area contributed by atoms with Crippen molar-refractivity contribution in [1.29, 1.82) is 0 Å². The number of carbonyl (C=O) groups is 1. The number of benzene rings is 1. The topological polar surface area (TPSA) is 52.2 Å². The maximum absolute atomic E-state index is 12.7. The minimum absolute atomic E-state index is 0.245. The summed E-state index contributed by atoms with van der Waals surface area (Å²) in [5, 5.41) is 0. The molecular weight excluding hydrogens is 288 g/mol. The molecule has 1 fully saturated rings. The maximum Gasteiger partial charge on any atom is 0.236 e. The minimum atomic E-state index is 0.245. The summed E-state index contributed by atoms with van der Waals surface area (Å²) >= 11 is 0. The number of hydrogen-bond donors (Lipinski definition) is 1. The monoisotopic (exact) mass is 310 g/mol. The molecule has 0 bridgehead atoms. The standard InChI is InChI=1S/C18H22N4O/c23-17(13-21-10-14-4-1-2-5-15(14)11-21)22-9-3-6-16(12-22)18-19-7-8-20-18/h1-2,4-5,7-8,16H,3,6,9-13H2,(H,19,20). The van der Waals surface area contributed by atoms with Gasteiger partial charge in [0.1, 0.15) is 5.82 Å². The Labute approximate surface area is 136 Å². The third-order valence-electron chi connectivity index (χ3n) is 4.95. The normalized spacial score (nSPS) is 21.4. The number of rotatable bonds is 3. The molecule has 1 saturated heterocycles. The van der Waals surface area contributed by atoms with Gasteiger partial charge in [0.05, 0.1) is 6.54 Å². The van der Waals surface area contributed by atoms with Gasteiger partial charge in [-0.2, -0.15) is 0 Å². The van der Waals surface area contributed by atoms with Crippen LogP contribution in [0.4, 0.5) is 0 Å². The van der Waals surface area contributed by atoms with E-state index in [-0.39, 0.29) is 5.91 Å². The average Bonchev–Trinajstić information content (AvgIpc) is 3.24. The van der Waals surface area contributed by atoms with Crippen molar-refractivity contribution in [1.82, 2.24) is 19.8 Å². The number of likely N-dealkylation sites (tertiary alicyclic amines) is 1. The van der Waals surface area contributed by atoms with Gasteiger partial charge in [-0.15, -0.1) is 0 Å². The zero-order valence-corrected chi connectivity index (χ0v) is 13.2. The fraction of sp³-hybridized carbons (Fsp3) is 0.444. The van der Waals surface area contributed by atoms with E-state index in [0.717, 1.165) is 44.8 Å². The van der Waals surface area contributed by atoms with Crippen molar-refractivity contribution in [2.75, 3.05) is 19.6 Å². The van der Waals surface area contributed by atoms with E-state index < -0.39 is 0 Å². The third kappa shape index (κ3) is 3.01. The van der Waals surface area contributed by atoms with Crippen molar-refractivity contribution in [2.45, 2.75) is 31.8 Å². The quantitative estimate of drug-likeness (QED) is 0.945. The molecule has 1 amide bonds. The fourth-order valence-electron chi connectivity index (χ4n) is 3.73. The summed E-state index contributed by atoms with van der Waals surface area (Å²) in [5.41, 5.74) is 2.71. The first-order valence-corrected chi connectivity index (χ1v) is 8.36. The molecule has 1 aromatic carbocycles. The number of aromatic nitrogens is 2. The van der Waals surface area contributed by atoms with Crippen molar-refractivity contribution in [3.8, 4) is 0 Å². The van der Waals surface area contributed by atoms with Crippen LogP contribution in [0.25, 0.3) is 0 Å². The van der Waals surface area contributed by atoms with Crippen molar-refractivity contribution in [3.05, 3.63) is 53.6 Å². The molecule has 4 rings (SSSR count). The van der Waals surface area contributed by atoms with Crippen molar-refractivity contribution < 1.29 is 4.79 Å². The largest absolute Gasteiger partial charge is 0.348 e. The molecule has 5 nitrogen and oxygen atoms in total. The first kappa shape index (κ1) is 14.5. The molecule has 2 aliphatic heterocycles. The number of nitrogens with zero attached hydrogens (tertiary/aromatic N) is 3. The first-order valence-electron chi connectivity index (χ1n) is 8.36. The smallest absolute Gasteiger partial charge is 0.236 e. The van der Waals surface area contributed by atoms with Gasteiger partial charge >= 0.3 is 0 Å². The Hall–Kier alpha value is -2.14. The lowest BCUT2D eigenvalue weighted by Crippen LogP contribution is -2.43. The van der Waals surface area contributed by atoms with E-state index in [2.05, 4.69) is 39.1 Å². The zero-order valence-electron chi connectivity index (χ0n) is 13.2. The van der Waals surface area contributed by atoms with Gasteiger partial charge in [0, 0.05) is 44.5 Å². The van der Waals surface area contributed by atoms with E-state index in [1.165, 1.54) is 11.1 Å². The van der Waals surface area contributed by atoms with Crippen LogP contribution in [-0.4, -0.2) is 45.3 Å². The van der Waals surface area contributed by atoms with Gasteiger partial charge in [0.25, 0.3) is 0 Å². The summed E-state index contributed by atoms with van der Waals surface area (Å²) in [7, 11) is 0. The molecule has 2 aromatic rings. The van der Waals surface area contributed by atoms with Crippen LogP contribution in [0.1, 0.15) is 35.7 Å². The molecule has 0 spiro atoms. The highest BCUT2D eigenvalue weighted by Crippen LogP contribution is 2.26. The Morgan fingerprint density at radius 3 is 2.74 bits per heavy atom. The highest BCUT2D eigenvalue weighted by Gasteiger charge is 2.28. The molecule has 1 aromatic heterocycles. The van der Waals surface area contributed by atoms with Crippen LogP contribution in [0.3, 0.4) is 0 Å². The summed E-state index contributed by atoms with van der Waals surface area (Å²) in [6.45, 7) is 3.94.